The molecule has 0 saturated carbocycles. The number of rotatable bonds is 3. The first kappa shape index (κ1) is 14.0. The first-order valence-corrected chi connectivity index (χ1v) is 6.93. The Kier molecular flexibility index (Phi) is 5.26. The second-order valence-electron chi connectivity index (χ2n) is 6.09. The molecule has 1 rings (SSSR count). The summed E-state index contributed by atoms with van der Waals surface area (Å²) >= 11 is 0. The van der Waals surface area contributed by atoms with Gasteiger partial charge in [-0.3, -0.25) is 9.80 Å². The summed E-state index contributed by atoms with van der Waals surface area (Å²) < 4.78 is 0. The highest BCUT2D eigenvalue weighted by molar-refractivity contribution is 4.85. The molecule has 2 heteroatoms. The summed E-state index contributed by atoms with van der Waals surface area (Å²) in [5.41, 5.74) is 0. The maximum absolute atomic E-state index is 2.70. The zero-order valence-corrected chi connectivity index (χ0v) is 12.0. The monoisotopic (exact) mass is 226 g/mol. The van der Waals surface area contributed by atoms with Crippen molar-refractivity contribution in [2.75, 3.05) is 19.6 Å². The van der Waals surface area contributed by atoms with Crippen LogP contribution in [0.3, 0.4) is 0 Å². The van der Waals surface area contributed by atoms with Crippen LogP contribution in [-0.4, -0.2) is 47.6 Å². The standard InChI is InChI=1S/C14H30N2/c1-11(2)14-10-15(12(3)4)8-7-9-16(14)13(5)6/h11-14H,7-10H2,1-6H3/t14-/m1/s1. The molecule has 1 atom stereocenters. The molecule has 1 aliphatic rings. The molecule has 0 aromatic heterocycles. The molecule has 1 fully saturated rings. The lowest BCUT2D eigenvalue weighted by Gasteiger charge is -2.38. The molecule has 0 bridgehead atoms. The molecule has 16 heavy (non-hydrogen) atoms. The smallest absolute Gasteiger partial charge is 0.0248 e. The van der Waals surface area contributed by atoms with Crippen molar-refractivity contribution < 1.29 is 0 Å². The predicted octanol–water partition coefficient (Wildman–Crippen LogP) is 2.84. The van der Waals surface area contributed by atoms with Crippen molar-refractivity contribution >= 4 is 0 Å². The summed E-state index contributed by atoms with van der Waals surface area (Å²) in [6.45, 7) is 17.8. The maximum atomic E-state index is 2.70. The molecule has 2 nitrogen and oxygen atoms in total. The molecule has 0 spiro atoms. The first-order chi connectivity index (χ1) is 7.43. The highest BCUT2D eigenvalue weighted by atomic mass is 15.3. The van der Waals surface area contributed by atoms with Crippen LogP contribution in [0.5, 0.6) is 0 Å². The van der Waals surface area contributed by atoms with E-state index in [0.717, 1.165) is 12.0 Å². The van der Waals surface area contributed by atoms with Crippen LogP contribution < -0.4 is 0 Å². The van der Waals surface area contributed by atoms with Crippen molar-refractivity contribution in [3.05, 3.63) is 0 Å². The minimum atomic E-state index is 0.680. The van der Waals surface area contributed by atoms with E-state index in [4.69, 9.17) is 0 Å². The van der Waals surface area contributed by atoms with E-state index in [1.807, 2.05) is 0 Å². The molecule has 0 aliphatic carbocycles. The normalized spacial score (nSPS) is 25.7. The number of hydrogen-bond acceptors (Lipinski definition) is 2. The predicted molar refractivity (Wildman–Crippen MR) is 71.8 cm³/mol. The van der Waals surface area contributed by atoms with Crippen molar-refractivity contribution in [2.24, 2.45) is 5.92 Å². The van der Waals surface area contributed by atoms with Crippen molar-refractivity contribution in [1.29, 1.82) is 0 Å². The topological polar surface area (TPSA) is 6.48 Å². The van der Waals surface area contributed by atoms with Gasteiger partial charge in [0.2, 0.25) is 0 Å². The quantitative estimate of drug-likeness (QED) is 0.730. The second kappa shape index (κ2) is 6.02. The summed E-state index contributed by atoms with van der Waals surface area (Å²) in [6, 6.07) is 2.10. The molecular weight excluding hydrogens is 196 g/mol. The van der Waals surface area contributed by atoms with E-state index >= 15 is 0 Å². The number of hydrogen-bond donors (Lipinski definition) is 0. The Morgan fingerprint density at radius 1 is 0.875 bits per heavy atom. The van der Waals surface area contributed by atoms with Crippen LogP contribution in [0.25, 0.3) is 0 Å². The first-order valence-electron chi connectivity index (χ1n) is 6.93. The summed E-state index contributed by atoms with van der Waals surface area (Å²) in [4.78, 5) is 5.35. The van der Waals surface area contributed by atoms with Crippen molar-refractivity contribution in [3.63, 3.8) is 0 Å². The third-order valence-corrected chi connectivity index (χ3v) is 3.87. The average Bonchev–Trinajstić information content (AvgIpc) is 2.38. The molecule has 1 heterocycles. The van der Waals surface area contributed by atoms with Gasteiger partial charge in [-0.05, 0) is 53.1 Å². The van der Waals surface area contributed by atoms with Crippen molar-refractivity contribution in [1.82, 2.24) is 9.80 Å². The van der Waals surface area contributed by atoms with Gasteiger partial charge in [-0.25, -0.2) is 0 Å². The van der Waals surface area contributed by atoms with Gasteiger partial charge < -0.3 is 0 Å². The lowest BCUT2D eigenvalue weighted by molar-refractivity contribution is 0.101. The van der Waals surface area contributed by atoms with Gasteiger partial charge in [-0.1, -0.05) is 13.8 Å². The van der Waals surface area contributed by atoms with Gasteiger partial charge in [-0.15, -0.1) is 0 Å². The van der Waals surface area contributed by atoms with Gasteiger partial charge in [-0.2, -0.15) is 0 Å². The molecule has 1 saturated heterocycles. The SMILES string of the molecule is CC(C)[C@H]1CN(C(C)C)CCCN1C(C)C. The van der Waals surface area contributed by atoms with Crippen LogP contribution in [0, 0.1) is 5.92 Å². The van der Waals surface area contributed by atoms with Gasteiger partial charge in [0.15, 0.2) is 0 Å². The summed E-state index contributed by atoms with van der Waals surface area (Å²) in [5, 5.41) is 0. The van der Waals surface area contributed by atoms with Crippen LogP contribution in [0.2, 0.25) is 0 Å². The zero-order chi connectivity index (χ0) is 12.3. The lowest BCUT2D eigenvalue weighted by atomic mass is 10.0. The van der Waals surface area contributed by atoms with E-state index in [-0.39, 0.29) is 0 Å². The third kappa shape index (κ3) is 3.46. The van der Waals surface area contributed by atoms with E-state index < -0.39 is 0 Å². The van der Waals surface area contributed by atoms with E-state index in [1.54, 1.807) is 0 Å². The molecule has 0 N–H and O–H groups in total. The minimum absolute atomic E-state index is 0.680. The Morgan fingerprint density at radius 2 is 1.50 bits per heavy atom. The fraction of sp³-hybridized carbons (Fsp3) is 1.00. The van der Waals surface area contributed by atoms with Gasteiger partial charge in [0.1, 0.15) is 0 Å². The van der Waals surface area contributed by atoms with Crippen LogP contribution in [0.4, 0.5) is 0 Å². The van der Waals surface area contributed by atoms with Crippen LogP contribution >= 0.6 is 0 Å². The summed E-state index contributed by atoms with van der Waals surface area (Å²) in [6.07, 6.45) is 1.32. The molecule has 0 unspecified atom stereocenters. The van der Waals surface area contributed by atoms with Crippen molar-refractivity contribution in [3.8, 4) is 0 Å². The average molecular weight is 226 g/mol. The van der Waals surface area contributed by atoms with E-state index in [2.05, 4.69) is 51.3 Å². The zero-order valence-electron chi connectivity index (χ0n) is 12.0. The lowest BCUT2D eigenvalue weighted by Crippen LogP contribution is -2.48. The highest BCUT2D eigenvalue weighted by Gasteiger charge is 2.29. The van der Waals surface area contributed by atoms with Crippen LogP contribution in [0.1, 0.15) is 48.0 Å². The van der Waals surface area contributed by atoms with E-state index in [0.29, 0.717) is 12.1 Å². The second-order valence-corrected chi connectivity index (χ2v) is 6.09. The molecular formula is C14H30N2. The summed E-state index contributed by atoms with van der Waals surface area (Å²) in [7, 11) is 0. The maximum Gasteiger partial charge on any atom is 0.0248 e. The van der Waals surface area contributed by atoms with E-state index in [1.165, 1.54) is 26.1 Å². The largest absolute Gasteiger partial charge is 0.299 e. The number of nitrogens with zero attached hydrogens (tertiary/aromatic N) is 2. The Hall–Kier alpha value is -0.0800. The minimum Gasteiger partial charge on any atom is -0.299 e. The van der Waals surface area contributed by atoms with Gasteiger partial charge >= 0.3 is 0 Å². The van der Waals surface area contributed by atoms with Gasteiger partial charge in [0.05, 0.1) is 0 Å². The Balaban J connectivity index is 2.75. The van der Waals surface area contributed by atoms with Gasteiger partial charge in [0, 0.05) is 24.7 Å². The Labute approximate surface area is 102 Å². The molecule has 0 aromatic rings. The Bertz CT molecular complexity index is 199. The molecule has 0 aromatic carbocycles. The van der Waals surface area contributed by atoms with Crippen LogP contribution in [0.15, 0.2) is 0 Å². The summed E-state index contributed by atoms with van der Waals surface area (Å²) in [5.74, 6) is 0.752. The van der Waals surface area contributed by atoms with Crippen LogP contribution in [-0.2, 0) is 0 Å². The van der Waals surface area contributed by atoms with Crippen molar-refractivity contribution in [2.45, 2.75) is 66.1 Å². The third-order valence-electron chi connectivity index (χ3n) is 3.87. The molecule has 0 radical (unpaired) electrons. The Morgan fingerprint density at radius 3 is 1.94 bits per heavy atom. The van der Waals surface area contributed by atoms with E-state index in [9.17, 15) is 0 Å². The van der Waals surface area contributed by atoms with Gasteiger partial charge in [0.25, 0.3) is 0 Å². The molecule has 96 valence electrons. The molecule has 1 aliphatic heterocycles. The fourth-order valence-corrected chi connectivity index (χ4v) is 2.76. The fourth-order valence-electron chi connectivity index (χ4n) is 2.76. The highest BCUT2D eigenvalue weighted by Crippen LogP contribution is 2.20. The molecule has 0 amide bonds.